The van der Waals surface area contributed by atoms with Gasteiger partial charge in [-0.3, -0.25) is 4.79 Å². The summed E-state index contributed by atoms with van der Waals surface area (Å²) in [6, 6.07) is 5.53. The Bertz CT molecular complexity index is 566. The summed E-state index contributed by atoms with van der Waals surface area (Å²) < 4.78 is 18.0. The predicted octanol–water partition coefficient (Wildman–Crippen LogP) is 3.02. The van der Waals surface area contributed by atoms with Crippen LogP contribution in [0.2, 0.25) is 0 Å². The van der Waals surface area contributed by atoms with Gasteiger partial charge in [0.2, 0.25) is 6.29 Å². The average molecular weight is 386 g/mol. The van der Waals surface area contributed by atoms with Crippen molar-refractivity contribution in [2.45, 2.75) is 46.1 Å². The number of hydrogen-bond acceptors (Lipinski definition) is 5. The van der Waals surface area contributed by atoms with E-state index in [2.05, 4.69) is 29.8 Å². The Labute approximate surface area is 145 Å². The molecule has 0 saturated carbocycles. The molecule has 0 aromatic heterocycles. The summed E-state index contributed by atoms with van der Waals surface area (Å²) in [5.74, 6) is 0.726. The normalized spacial score (nSPS) is 30.8. The minimum atomic E-state index is -0.583. The molecule has 128 valence electrons. The van der Waals surface area contributed by atoms with Crippen LogP contribution in [0.25, 0.3) is 0 Å². The van der Waals surface area contributed by atoms with Crippen LogP contribution in [0.4, 0.5) is 0 Å². The molecular weight excluding hydrogens is 362 g/mol. The van der Waals surface area contributed by atoms with Gasteiger partial charge < -0.3 is 19.9 Å². The van der Waals surface area contributed by atoms with E-state index in [1.54, 1.807) is 0 Å². The Morgan fingerprint density at radius 3 is 2.70 bits per heavy atom. The predicted molar refractivity (Wildman–Crippen MR) is 91.1 cm³/mol. The Balaban J connectivity index is 2.13. The van der Waals surface area contributed by atoms with Crippen LogP contribution < -0.4 is 10.5 Å². The lowest BCUT2D eigenvalue weighted by Crippen LogP contribution is -2.56. The fourth-order valence-corrected chi connectivity index (χ4v) is 3.02. The van der Waals surface area contributed by atoms with Gasteiger partial charge in [0.1, 0.15) is 12.4 Å². The maximum atomic E-state index is 11.1. The number of carbonyl (C=O) groups is 1. The van der Waals surface area contributed by atoms with Crippen molar-refractivity contribution in [2.75, 3.05) is 6.61 Å². The first-order valence-corrected chi connectivity index (χ1v) is 8.56. The highest BCUT2D eigenvalue weighted by Gasteiger charge is 2.41. The van der Waals surface area contributed by atoms with Crippen LogP contribution in [0.3, 0.4) is 0 Å². The summed E-state index contributed by atoms with van der Waals surface area (Å²) >= 11 is 3.53. The number of nitrogens with two attached hydrogens (primary N) is 1. The molecule has 0 aliphatic carbocycles. The number of esters is 1. The van der Waals surface area contributed by atoms with E-state index in [1.165, 1.54) is 6.92 Å². The highest BCUT2D eigenvalue weighted by atomic mass is 79.9. The van der Waals surface area contributed by atoms with Gasteiger partial charge in [0.25, 0.3) is 0 Å². The van der Waals surface area contributed by atoms with Crippen molar-refractivity contribution in [3.8, 4) is 5.75 Å². The van der Waals surface area contributed by atoms with Crippen molar-refractivity contribution in [1.82, 2.24) is 0 Å². The van der Waals surface area contributed by atoms with E-state index in [0.29, 0.717) is 5.75 Å². The third kappa shape index (κ3) is 4.25. The molecule has 5 nitrogen and oxygen atoms in total. The summed E-state index contributed by atoms with van der Waals surface area (Å²) in [6.45, 7) is 7.72. The van der Waals surface area contributed by atoms with Crippen molar-refractivity contribution >= 4 is 21.9 Å². The lowest BCUT2D eigenvalue weighted by atomic mass is 9.82. The van der Waals surface area contributed by atoms with E-state index >= 15 is 0 Å². The van der Waals surface area contributed by atoms with Crippen molar-refractivity contribution in [3.05, 3.63) is 28.2 Å². The van der Waals surface area contributed by atoms with Gasteiger partial charge in [-0.25, -0.2) is 0 Å². The van der Waals surface area contributed by atoms with Gasteiger partial charge in [-0.15, -0.1) is 0 Å². The molecule has 1 aliphatic heterocycles. The molecule has 0 spiro atoms. The topological polar surface area (TPSA) is 70.8 Å². The van der Waals surface area contributed by atoms with Gasteiger partial charge in [-0.1, -0.05) is 26.0 Å². The first-order valence-electron chi connectivity index (χ1n) is 7.77. The van der Waals surface area contributed by atoms with Crippen LogP contribution in [-0.2, 0) is 14.3 Å². The van der Waals surface area contributed by atoms with E-state index in [4.69, 9.17) is 19.9 Å². The lowest BCUT2D eigenvalue weighted by Gasteiger charge is -2.42. The Morgan fingerprint density at radius 1 is 1.35 bits per heavy atom. The third-order valence-electron chi connectivity index (χ3n) is 4.50. The van der Waals surface area contributed by atoms with Gasteiger partial charge in [0.05, 0.1) is 16.6 Å². The second-order valence-electron chi connectivity index (χ2n) is 6.15. The van der Waals surface area contributed by atoms with Crippen LogP contribution in [0.15, 0.2) is 22.7 Å². The second kappa shape index (κ2) is 7.64. The lowest BCUT2D eigenvalue weighted by molar-refractivity contribution is -0.207. The number of aryl methyl sites for hydroxylation is 1. The van der Waals surface area contributed by atoms with Gasteiger partial charge in [-0.2, -0.15) is 0 Å². The summed E-state index contributed by atoms with van der Waals surface area (Å²) in [7, 11) is 0. The Morgan fingerprint density at radius 2 is 2.04 bits per heavy atom. The first kappa shape index (κ1) is 18.2. The number of halogens is 1. The molecule has 1 aromatic rings. The molecule has 2 N–H and O–H groups in total. The number of carbonyl (C=O) groups excluding carboxylic acids is 1. The number of rotatable bonds is 4. The van der Waals surface area contributed by atoms with E-state index < -0.39 is 6.29 Å². The fourth-order valence-electron chi connectivity index (χ4n) is 2.66. The van der Waals surface area contributed by atoms with Gasteiger partial charge in [0.15, 0.2) is 0 Å². The van der Waals surface area contributed by atoms with Gasteiger partial charge >= 0.3 is 5.97 Å². The maximum absolute atomic E-state index is 11.1. The second-order valence-corrected chi connectivity index (χ2v) is 6.94. The Kier molecular flexibility index (Phi) is 6.06. The summed E-state index contributed by atoms with van der Waals surface area (Å²) in [5.41, 5.74) is 7.37. The average Bonchev–Trinajstić information content (AvgIpc) is 2.50. The molecule has 1 aliphatic rings. The van der Waals surface area contributed by atoms with Crippen molar-refractivity contribution in [2.24, 2.45) is 17.6 Å². The van der Waals surface area contributed by atoms with Crippen LogP contribution in [-0.4, -0.2) is 31.0 Å². The molecule has 2 unspecified atom stereocenters. The Hall–Kier alpha value is -1.11. The minimum absolute atomic E-state index is 0.171. The monoisotopic (exact) mass is 385 g/mol. The summed E-state index contributed by atoms with van der Waals surface area (Å²) in [5, 5.41) is 0. The van der Waals surface area contributed by atoms with Gasteiger partial charge in [-0.05, 0) is 46.3 Å². The van der Waals surface area contributed by atoms with E-state index in [1.807, 2.05) is 25.1 Å². The van der Waals surface area contributed by atoms with E-state index in [0.717, 1.165) is 10.0 Å². The quantitative estimate of drug-likeness (QED) is 0.806. The van der Waals surface area contributed by atoms with E-state index in [9.17, 15) is 4.79 Å². The zero-order chi connectivity index (χ0) is 17.1. The zero-order valence-electron chi connectivity index (χ0n) is 13.9. The highest BCUT2D eigenvalue weighted by Crippen LogP contribution is 2.34. The molecule has 0 bridgehead atoms. The SMILES string of the molecule is CC(=O)OCC1O[C@@H](Oc2cccc(C)c2Br)C(N)[C@@H](C)[C@H]1C. The number of ether oxygens (including phenoxy) is 3. The van der Waals surface area contributed by atoms with Gasteiger partial charge in [0, 0.05) is 6.92 Å². The molecule has 1 heterocycles. The summed E-state index contributed by atoms with van der Waals surface area (Å²) in [4.78, 5) is 11.1. The molecule has 6 heteroatoms. The zero-order valence-corrected chi connectivity index (χ0v) is 15.5. The standard InChI is InChI=1S/C17H24BrNO4/c1-9-6-5-7-13(15(9)18)22-17-16(19)11(3)10(2)14(23-17)8-21-12(4)20/h5-7,10-11,14,16-17H,8,19H2,1-4H3/t10-,11+,14?,16?,17-/m1/s1. The van der Waals surface area contributed by atoms with Crippen LogP contribution in [0, 0.1) is 18.8 Å². The molecule has 0 amide bonds. The maximum Gasteiger partial charge on any atom is 0.302 e. The van der Waals surface area contributed by atoms with Crippen molar-refractivity contribution in [1.29, 1.82) is 0 Å². The number of benzene rings is 1. The molecule has 0 radical (unpaired) electrons. The smallest absolute Gasteiger partial charge is 0.302 e. The molecule has 2 rings (SSSR count). The van der Waals surface area contributed by atoms with E-state index in [-0.39, 0.29) is 36.6 Å². The van der Waals surface area contributed by atoms with Crippen molar-refractivity contribution < 1.29 is 19.0 Å². The molecule has 1 aromatic carbocycles. The van der Waals surface area contributed by atoms with Crippen LogP contribution in [0.1, 0.15) is 26.3 Å². The fraction of sp³-hybridized carbons (Fsp3) is 0.588. The van der Waals surface area contributed by atoms with Crippen LogP contribution >= 0.6 is 15.9 Å². The molecule has 1 fully saturated rings. The minimum Gasteiger partial charge on any atom is -0.463 e. The summed E-state index contributed by atoms with van der Waals surface area (Å²) in [6.07, 6.45) is -0.817. The third-order valence-corrected chi connectivity index (χ3v) is 5.51. The highest BCUT2D eigenvalue weighted by molar-refractivity contribution is 9.10. The largest absolute Gasteiger partial charge is 0.463 e. The number of hydrogen-bond donors (Lipinski definition) is 1. The van der Waals surface area contributed by atoms with Crippen LogP contribution in [0.5, 0.6) is 5.75 Å². The molecule has 23 heavy (non-hydrogen) atoms. The first-order chi connectivity index (χ1) is 10.8. The molecule has 1 saturated heterocycles. The molecule has 5 atom stereocenters. The molecular formula is C17H24BrNO4. The van der Waals surface area contributed by atoms with Crippen molar-refractivity contribution in [3.63, 3.8) is 0 Å².